The van der Waals surface area contributed by atoms with E-state index in [1.165, 1.54) is 0 Å². The number of hydrogen-bond acceptors (Lipinski definition) is 5. The molecular weight excluding hydrogens is 366 g/mol. The highest BCUT2D eigenvalue weighted by molar-refractivity contribution is 6.10. The predicted octanol–water partition coefficient (Wildman–Crippen LogP) is 2.06. The number of aliphatic hydroxyl groups excluding tert-OH is 2. The molecule has 1 saturated heterocycles. The number of aromatic nitrogens is 1. The number of carbonyl (C=O) groups is 1. The van der Waals surface area contributed by atoms with E-state index >= 15 is 0 Å². The van der Waals surface area contributed by atoms with Gasteiger partial charge in [0.1, 0.15) is 6.10 Å². The molecule has 1 aliphatic heterocycles. The number of rotatable bonds is 7. The molecule has 3 N–H and O–H groups in total. The Labute approximate surface area is 170 Å². The van der Waals surface area contributed by atoms with Gasteiger partial charge in [0.05, 0.1) is 12.6 Å². The molecule has 0 radical (unpaired) electrons. The third-order valence-electron chi connectivity index (χ3n) is 5.78. The predicted molar refractivity (Wildman–Crippen MR) is 113 cm³/mol. The number of H-pyrrole nitrogens is 1. The number of β-amino-alcohol motifs (C(OH)–C–C–N with tert-alkyl or cyclic N) is 1. The van der Waals surface area contributed by atoms with Crippen molar-refractivity contribution in [2.45, 2.75) is 12.1 Å². The highest BCUT2D eigenvalue weighted by Crippen LogP contribution is 2.29. The molecule has 0 unspecified atom stereocenters. The van der Waals surface area contributed by atoms with Crippen molar-refractivity contribution in [3.05, 3.63) is 71.9 Å². The number of ketones is 1. The summed E-state index contributed by atoms with van der Waals surface area (Å²) in [4.78, 5) is 20.8. The van der Waals surface area contributed by atoms with Gasteiger partial charge in [0.25, 0.3) is 0 Å². The summed E-state index contributed by atoms with van der Waals surface area (Å²) in [6, 6.07) is 17.0. The Kier molecular flexibility index (Phi) is 6.06. The topological polar surface area (TPSA) is 79.8 Å². The van der Waals surface area contributed by atoms with Crippen LogP contribution in [-0.2, 0) is 0 Å². The molecule has 6 nitrogen and oxygen atoms in total. The van der Waals surface area contributed by atoms with E-state index in [0.717, 1.165) is 42.6 Å². The van der Waals surface area contributed by atoms with Gasteiger partial charge < -0.3 is 15.2 Å². The van der Waals surface area contributed by atoms with Gasteiger partial charge in [0.2, 0.25) is 0 Å². The first kappa shape index (κ1) is 19.8. The van der Waals surface area contributed by atoms with Crippen LogP contribution >= 0.6 is 0 Å². The third-order valence-corrected chi connectivity index (χ3v) is 5.78. The summed E-state index contributed by atoms with van der Waals surface area (Å²) in [7, 11) is 0. The van der Waals surface area contributed by atoms with Gasteiger partial charge in [0, 0.05) is 55.4 Å². The average Bonchev–Trinajstić information content (AvgIpc) is 3.20. The van der Waals surface area contributed by atoms with E-state index in [2.05, 4.69) is 14.8 Å². The molecule has 0 aliphatic carbocycles. The van der Waals surface area contributed by atoms with Crippen molar-refractivity contribution in [3.63, 3.8) is 0 Å². The molecule has 3 aromatic rings. The molecule has 1 aliphatic rings. The molecule has 1 fully saturated rings. The monoisotopic (exact) mass is 393 g/mol. The minimum Gasteiger partial charge on any atom is -0.395 e. The van der Waals surface area contributed by atoms with Crippen LogP contribution in [0.5, 0.6) is 0 Å². The van der Waals surface area contributed by atoms with E-state index in [0.29, 0.717) is 12.1 Å². The van der Waals surface area contributed by atoms with Gasteiger partial charge in [0.15, 0.2) is 5.78 Å². The zero-order valence-corrected chi connectivity index (χ0v) is 16.4. The van der Waals surface area contributed by atoms with E-state index in [9.17, 15) is 15.0 Å². The summed E-state index contributed by atoms with van der Waals surface area (Å²) in [6.45, 7) is 3.87. The van der Waals surface area contributed by atoms with Crippen LogP contribution in [0.2, 0.25) is 0 Å². The summed E-state index contributed by atoms with van der Waals surface area (Å²) in [5.41, 5.74) is 2.34. The fourth-order valence-corrected chi connectivity index (χ4v) is 4.23. The Balaban J connectivity index is 1.61. The number of fused-ring (bicyclic) bond motifs is 1. The molecule has 2 atom stereocenters. The third kappa shape index (κ3) is 4.11. The maximum Gasteiger partial charge on any atom is 0.195 e. The highest BCUT2D eigenvalue weighted by atomic mass is 16.3. The maximum absolute atomic E-state index is 13.3. The van der Waals surface area contributed by atoms with E-state index in [1.54, 1.807) is 6.20 Å². The van der Waals surface area contributed by atoms with E-state index < -0.39 is 12.1 Å². The zero-order chi connectivity index (χ0) is 20.2. The smallest absolute Gasteiger partial charge is 0.195 e. The van der Waals surface area contributed by atoms with Gasteiger partial charge in [-0.1, -0.05) is 48.5 Å². The van der Waals surface area contributed by atoms with Crippen LogP contribution in [0.4, 0.5) is 0 Å². The van der Waals surface area contributed by atoms with Crippen molar-refractivity contribution in [1.82, 2.24) is 14.8 Å². The number of hydrogen-bond donors (Lipinski definition) is 3. The quantitative estimate of drug-likeness (QED) is 0.536. The number of benzene rings is 2. The minimum absolute atomic E-state index is 0.143. The summed E-state index contributed by atoms with van der Waals surface area (Å²) >= 11 is 0. The lowest BCUT2D eigenvalue weighted by Gasteiger charge is -2.40. The molecule has 152 valence electrons. The molecule has 0 bridgehead atoms. The van der Waals surface area contributed by atoms with Crippen molar-refractivity contribution < 1.29 is 15.0 Å². The van der Waals surface area contributed by atoms with Gasteiger partial charge in [-0.25, -0.2) is 0 Å². The largest absolute Gasteiger partial charge is 0.395 e. The first-order valence-corrected chi connectivity index (χ1v) is 10.1. The number of piperazine rings is 1. The molecule has 2 aromatic carbocycles. The number of aliphatic hydroxyl groups is 2. The van der Waals surface area contributed by atoms with Crippen LogP contribution in [0.3, 0.4) is 0 Å². The number of aromatic amines is 1. The Hall–Kier alpha value is -2.51. The number of para-hydroxylation sites is 1. The molecule has 0 spiro atoms. The van der Waals surface area contributed by atoms with Crippen molar-refractivity contribution in [2.75, 3.05) is 39.3 Å². The first-order valence-electron chi connectivity index (χ1n) is 10.1. The molecule has 2 heterocycles. The Morgan fingerprint density at radius 3 is 2.41 bits per heavy atom. The van der Waals surface area contributed by atoms with Crippen LogP contribution in [0.25, 0.3) is 10.9 Å². The van der Waals surface area contributed by atoms with Crippen LogP contribution in [-0.4, -0.2) is 76.2 Å². The van der Waals surface area contributed by atoms with Crippen LogP contribution in [0.15, 0.2) is 60.8 Å². The van der Waals surface area contributed by atoms with Gasteiger partial charge in [-0.15, -0.1) is 0 Å². The lowest BCUT2D eigenvalue weighted by atomic mass is 9.93. The fraction of sp³-hybridized carbons (Fsp3) is 0.348. The van der Waals surface area contributed by atoms with Crippen molar-refractivity contribution >= 4 is 16.7 Å². The van der Waals surface area contributed by atoms with Gasteiger partial charge in [-0.2, -0.15) is 0 Å². The summed E-state index contributed by atoms with van der Waals surface area (Å²) < 4.78 is 0. The fourth-order valence-electron chi connectivity index (χ4n) is 4.23. The second kappa shape index (κ2) is 8.88. The van der Waals surface area contributed by atoms with Crippen molar-refractivity contribution in [1.29, 1.82) is 0 Å². The number of nitrogens with zero attached hydrogens (tertiary/aromatic N) is 2. The van der Waals surface area contributed by atoms with Gasteiger partial charge >= 0.3 is 0 Å². The summed E-state index contributed by atoms with van der Waals surface area (Å²) in [6.07, 6.45) is 0.526. The van der Waals surface area contributed by atoms with Crippen LogP contribution in [0, 0.1) is 0 Å². The molecule has 4 rings (SSSR count). The Bertz CT molecular complexity index is 948. The first-order chi connectivity index (χ1) is 14.2. The van der Waals surface area contributed by atoms with E-state index in [4.69, 9.17) is 0 Å². The van der Waals surface area contributed by atoms with E-state index in [1.807, 2.05) is 54.6 Å². The maximum atomic E-state index is 13.3. The van der Waals surface area contributed by atoms with Gasteiger partial charge in [-0.05, 0) is 11.6 Å². The summed E-state index contributed by atoms with van der Waals surface area (Å²) in [5.74, 6) is -0.269. The molecule has 6 heteroatoms. The Morgan fingerprint density at radius 2 is 1.69 bits per heavy atom. The minimum atomic E-state index is -1.17. The lowest BCUT2D eigenvalue weighted by Crippen LogP contribution is -2.51. The molecule has 29 heavy (non-hydrogen) atoms. The zero-order valence-electron chi connectivity index (χ0n) is 16.4. The lowest BCUT2D eigenvalue weighted by molar-refractivity contribution is 0.0168. The van der Waals surface area contributed by atoms with Crippen molar-refractivity contribution in [2.24, 2.45) is 0 Å². The molecular formula is C23H27N3O3. The van der Waals surface area contributed by atoms with Crippen LogP contribution < -0.4 is 0 Å². The number of Topliss-reactive ketones (excluding diaryl/α,β-unsaturated/α-hetero) is 1. The van der Waals surface area contributed by atoms with Crippen LogP contribution in [0.1, 0.15) is 22.0 Å². The van der Waals surface area contributed by atoms with Crippen molar-refractivity contribution in [3.8, 4) is 0 Å². The van der Waals surface area contributed by atoms with E-state index in [-0.39, 0.29) is 12.4 Å². The molecule has 0 amide bonds. The molecule has 0 saturated carbocycles. The SMILES string of the molecule is O=C(c1c[nH]c2ccccc12)[C@@H](O)[C@H](c1ccccc1)N1CCN(CCO)CC1. The number of nitrogens with one attached hydrogen (secondary N) is 1. The second-order valence-corrected chi connectivity index (χ2v) is 7.51. The number of carbonyl (C=O) groups excluding carboxylic acids is 1. The Morgan fingerprint density at radius 1 is 1.00 bits per heavy atom. The normalized spacial score (nSPS) is 18.0. The molecule has 1 aromatic heterocycles. The highest BCUT2D eigenvalue weighted by Gasteiger charge is 2.35. The second-order valence-electron chi connectivity index (χ2n) is 7.51. The van der Waals surface area contributed by atoms with Gasteiger partial charge in [-0.3, -0.25) is 14.6 Å². The summed E-state index contributed by atoms with van der Waals surface area (Å²) in [5, 5.41) is 21.2. The standard InChI is InChI=1S/C23H27N3O3/c27-15-14-25-10-12-26(13-11-25)21(17-6-2-1-3-7-17)23(29)22(28)19-16-24-20-9-5-4-8-18(19)20/h1-9,16,21,23-24,27,29H,10-15H2/t21-,23-/m0/s1. The average molecular weight is 393 g/mol.